The molecule has 0 bridgehead atoms. The number of hydrogen-bond acceptors (Lipinski definition) is 4. The van der Waals surface area contributed by atoms with Crippen molar-refractivity contribution in [3.63, 3.8) is 0 Å². The maximum atomic E-state index is 12.6. The van der Waals surface area contributed by atoms with Crippen LogP contribution in [0.4, 0.5) is 0 Å². The van der Waals surface area contributed by atoms with Crippen LogP contribution in [-0.2, 0) is 10.0 Å². The molecule has 23 heavy (non-hydrogen) atoms. The predicted molar refractivity (Wildman–Crippen MR) is 90.3 cm³/mol. The second-order valence-electron chi connectivity index (χ2n) is 5.96. The third-order valence-corrected chi connectivity index (χ3v) is 6.20. The third kappa shape index (κ3) is 4.54. The molecule has 1 saturated heterocycles. The van der Waals surface area contributed by atoms with E-state index >= 15 is 0 Å². The quantitative estimate of drug-likeness (QED) is 0.717. The van der Waals surface area contributed by atoms with E-state index in [0.717, 1.165) is 19.3 Å². The molecule has 0 N–H and O–H groups in total. The number of unbranched alkanes of at least 4 members (excludes halogenated alkanes) is 1. The van der Waals surface area contributed by atoms with Crippen LogP contribution >= 0.6 is 0 Å². The first-order valence-corrected chi connectivity index (χ1v) is 9.75. The largest absolute Gasteiger partial charge is 0.497 e. The Balaban J connectivity index is 2.06. The summed E-state index contributed by atoms with van der Waals surface area (Å²) in [4.78, 5) is 12.6. The summed E-state index contributed by atoms with van der Waals surface area (Å²) in [6.45, 7) is 2.80. The molecule has 128 valence electrons. The van der Waals surface area contributed by atoms with Crippen molar-refractivity contribution in [3.05, 3.63) is 29.8 Å². The molecular formula is C17H25NO4S. The third-order valence-electron chi connectivity index (χ3n) is 4.28. The lowest BCUT2D eigenvalue weighted by Gasteiger charge is -2.31. The molecule has 0 saturated carbocycles. The predicted octanol–water partition coefficient (Wildman–Crippen LogP) is 2.72. The van der Waals surface area contributed by atoms with Crippen molar-refractivity contribution in [2.24, 2.45) is 5.92 Å². The summed E-state index contributed by atoms with van der Waals surface area (Å²) in [6, 6.07) is 7.00. The van der Waals surface area contributed by atoms with E-state index in [4.69, 9.17) is 4.74 Å². The van der Waals surface area contributed by atoms with Gasteiger partial charge < -0.3 is 4.74 Å². The number of sulfonamides is 1. The number of ether oxygens (including phenoxy) is 1. The van der Waals surface area contributed by atoms with Gasteiger partial charge >= 0.3 is 0 Å². The molecule has 1 aromatic rings. The summed E-state index contributed by atoms with van der Waals surface area (Å²) in [7, 11) is -1.66. The van der Waals surface area contributed by atoms with Gasteiger partial charge in [0, 0.05) is 24.6 Å². The molecule has 1 heterocycles. The van der Waals surface area contributed by atoms with E-state index < -0.39 is 10.0 Å². The number of hydrogen-bond donors (Lipinski definition) is 0. The second-order valence-corrected chi connectivity index (χ2v) is 8.05. The van der Waals surface area contributed by atoms with Crippen LogP contribution < -0.4 is 4.74 Å². The van der Waals surface area contributed by atoms with Crippen molar-refractivity contribution in [2.45, 2.75) is 32.6 Å². The lowest BCUT2D eigenvalue weighted by molar-refractivity contribution is 0.0872. The van der Waals surface area contributed by atoms with Gasteiger partial charge in [-0.1, -0.05) is 13.3 Å². The maximum absolute atomic E-state index is 12.6. The van der Waals surface area contributed by atoms with Crippen LogP contribution in [0.15, 0.2) is 24.3 Å². The molecule has 1 atom stereocenters. The van der Waals surface area contributed by atoms with Crippen LogP contribution in [0.2, 0.25) is 0 Å². The topological polar surface area (TPSA) is 63.7 Å². The Morgan fingerprint density at radius 3 is 2.61 bits per heavy atom. The Morgan fingerprint density at radius 2 is 2.00 bits per heavy atom. The van der Waals surface area contributed by atoms with Crippen LogP contribution in [-0.4, -0.2) is 44.5 Å². The minimum Gasteiger partial charge on any atom is -0.497 e. The minimum atomic E-state index is -3.24. The Hall–Kier alpha value is -1.40. The van der Waals surface area contributed by atoms with Crippen molar-refractivity contribution in [1.29, 1.82) is 0 Å². The molecule has 1 aromatic carbocycles. The van der Waals surface area contributed by atoms with Gasteiger partial charge in [-0.05, 0) is 43.5 Å². The average molecular weight is 339 g/mol. The van der Waals surface area contributed by atoms with Gasteiger partial charge in [0.1, 0.15) is 5.75 Å². The van der Waals surface area contributed by atoms with Gasteiger partial charge in [-0.3, -0.25) is 4.79 Å². The molecule has 5 nitrogen and oxygen atoms in total. The highest BCUT2D eigenvalue weighted by Crippen LogP contribution is 2.24. The monoisotopic (exact) mass is 339 g/mol. The molecule has 6 heteroatoms. The van der Waals surface area contributed by atoms with E-state index in [-0.39, 0.29) is 17.5 Å². The van der Waals surface area contributed by atoms with E-state index in [2.05, 4.69) is 0 Å². The molecule has 0 aromatic heterocycles. The van der Waals surface area contributed by atoms with Crippen LogP contribution in [0.1, 0.15) is 43.0 Å². The van der Waals surface area contributed by atoms with Crippen LogP contribution in [0.5, 0.6) is 5.75 Å². The van der Waals surface area contributed by atoms with Crippen molar-refractivity contribution < 1.29 is 17.9 Å². The standard InChI is InChI=1S/C17H25NO4S/c1-3-4-12-23(20,21)18-11-5-6-15(13-18)17(19)14-7-9-16(22-2)10-8-14/h7-10,15H,3-6,11-13H2,1-2H3. The van der Waals surface area contributed by atoms with Crippen molar-refractivity contribution in [1.82, 2.24) is 4.31 Å². The highest BCUT2D eigenvalue weighted by molar-refractivity contribution is 7.89. The van der Waals surface area contributed by atoms with Gasteiger partial charge in [-0.15, -0.1) is 0 Å². The molecule has 1 unspecified atom stereocenters. The number of carbonyl (C=O) groups is 1. The number of piperidine rings is 1. The zero-order valence-electron chi connectivity index (χ0n) is 13.8. The van der Waals surface area contributed by atoms with Crippen LogP contribution in [0.3, 0.4) is 0 Å². The lowest BCUT2D eigenvalue weighted by atomic mass is 9.91. The fraction of sp³-hybridized carbons (Fsp3) is 0.588. The smallest absolute Gasteiger partial charge is 0.214 e. The lowest BCUT2D eigenvalue weighted by Crippen LogP contribution is -2.43. The zero-order chi connectivity index (χ0) is 16.9. The Labute approximate surface area is 138 Å². The first-order valence-electron chi connectivity index (χ1n) is 8.14. The average Bonchev–Trinajstić information content (AvgIpc) is 2.59. The molecule has 0 spiro atoms. The molecular weight excluding hydrogens is 314 g/mol. The highest BCUT2D eigenvalue weighted by atomic mass is 32.2. The van der Waals surface area contributed by atoms with E-state index in [9.17, 15) is 13.2 Å². The Bertz CT molecular complexity index is 624. The second kappa shape index (κ2) is 7.93. The normalized spacial score (nSPS) is 19.5. The van der Waals surface area contributed by atoms with Crippen molar-refractivity contribution >= 4 is 15.8 Å². The SMILES string of the molecule is CCCCS(=O)(=O)N1CCCC(C(=O)c2ccc(OC)cc2)C1. The molecule has 0 aliphatic carbocycles. The first kappa shape index (κ1) is 17.9. The summed E-state index contributed by atoms with van der Waals surface area (Å²) in [5, 5.41) is 0. The molecule has 0 radical (unpaired) electrons. The number of benzene rings is 1. The summed E-state index contributed by atoms with van der Waals surface area (Å²) in [5.74, 6) is 0.637. The number of methoxy groups -OCH3 is 1. The summed E-state index contributed by atoms with van der Waals surface area (Å²) in [6.07, 6.45) is 2.99. The van der Waals surface area contributed by atoms with E-state index in [0.29, 0.717) is 30.8 Å². The van der Waals surface area contributed by atoms with E-state index in [1.165, 1.54) is 4.31 Å². The maximum Gasteiger partial charge on any atom is 0.214 e. The molecule has 1 aliphatic heterocycles. The van der Waals surface area contributed by atoms with Gasteiger partial charge in [-0.25, -0.2) is 12.7 Å². The van der Waals surface area contributed by atoms with Gasteiger partial charge in [0.25, 0.3) is 0 Å². The summed E-state index contributed by atoms with van der Waals surface area (Å²) in [5.41, 5.74) is 0.614. The minimum absolute atomic E-state index is 0.0167. The number of ketones is 1. The summed E-state index contributed by atoms with van der Waals surface area (Å²) < 4.78 is 31.3. The Kier molecular flexibility index (Phi) is 6.18. The number of nitrogens with zero attached hydrogens (tertiary/aromatic N) is 1. The van der Waals surface area contributed by atoms with Gasteiger partial charge in [-0.2, -0.15) is 0 Å². The van der Waals surface area contributed by atoms with Crippen LogP contribution in [0.25, 0.3) is 0 Å². The van der Waals surface area contributed by atoms with Gasteiger partial charge in [0.05, 0.1) is 12.9 Å². The van der Waals surface area contributed by atoms with Crippen LogP contribution in [0, 0.1) is 5.92 Å². The number of carbonyl (C=O) groups excluding carboxylic acids is 1. The fourth-order valence-corrected chi connectivity index (χ4v) is 4.58. The number of Topliss-reactive ketones (excluding diaryl/α,β-unsaturated/α-hetero) is 1. The molecule has 1 fully saturated rings. The van der Waals surface area contributed by atoms with E-state index in [1.54, 1.807) is 31.4 Å². The first-order chi connectivity index (χ1) is 11.0. The highest BCUT2D eigenvalue weighted by Gasteiger charge is 2.32. The van der Waals surface area contributed by atoms with Gasteiger partial charge in [0.2, 0.25) is 10.0 Å². The van der Waals surface area contributed by atoms with Crippen molar-refractivity contribution in [2.75, 3.05) is 26.0 Å². The zero-order valence-corrected chi connectivity index (χ0v) is 14.6. The molecule has 0 amide bonds. The van der Waals surface area contributed by atoms with E-state index in [1.807, 2.05) is 6.92 Å². The molecule has 2 rings (SSSR count). The number of rotatable bonds is 7. The summed E-state index contributed by atoms with van der Waals surface area (Å²) >= 11 is 0. The van der Waals surface area contributed by atoms with Gasteiger partial charge in [0.15, 0.2) is 5.78 Å². The van der Waals surface area contributed by atoms with Crippen molar-refractivity contribution in [3.8, 4) is 5.75 Å². The molecule has 1 aliphatic rings. The Morgan fingerprint density at radius 1 is 1.30 bits per heavy atom. The fourth-order valence-electron chi connectivity index (χ4n) is 2.86.